The molecule has 0 saturated heterocycles. The highest BCUT2D eigenvalue weighted by atomic mass is 35.5. The number of hydrogen-bond acceptors (Lipinski definition) is 3. The van der Waals surface area contributed by atoms with Gasteiger partial charge in [-0.1, -0.05) is 11.6 Å². The second-order valence-electron chi connectivity index (χ2n) is 3.98. The number of ether oxygens (including phenoxy) is 1. The van der Waals surface area contributed by atoms with Gasteiger partial charge in [-0.2, -0.15) is 0 Å². The van der Waals surface area contributed by atoms with Crippen LogP contribution in [0.25, 0.3) is 0 Å². The highest BCUT2D eigenvalue weighted by Crippen LogP contribution is 2.28. The van der Waals surface area contributed by atoms with Gasteiger partial charge in [0.25, 0.3) is 5.91 Å². The van der Waals surface area contributed by atoms with Crippen molar-refractivity contribution in [3.8, 4) is 5.75 Å². The SMILES string of the molecule is NC(=O)c1cc(Cl)ccc1OC1CC(N)C1. The van der Waals surface area contributed by atoms with Crippen LogP contribution in [-0.4, -0.2) is 18.1 Å². The van der Waals surface area contributed by atoms with Crippen molar-refractivity contribution in [3.63, 3.8) is 0 Å². The maximum absolute atomic E-state index is 11.2. The molecule has 1 aliphatic rings. The van der Waals surface area contributed by atoms with E-state index in [0.717, 1.165) is 12.8 Å². The smallest absolute Gasteiger partial charge is 0.252 e. The molecule has 5 heteroatoms. The molecule has 0 spiro atoms. The minimum atomic E-state index is -0.541. The number of rotatable bonds is 3. The van der Waals surface area contributed by atoms with Crippen LogP contribution in [0, 0.1) is 0 Å². The first kappa shape index (κ1) is 11.2. The van der Waals surface area contributed by atoms with Crippen molar-refractivity contribution in [1.29, 1.82) is 0 Å². The number of amides is 1. The number of hydrogen-bond donors (Lipinski definition) is 2. The van der Waals surface area contributed by atoms with Gasteiger partial charge in [-0.3, -0.25) is 4.79 Å². The number of nitrogens with two attached hydrogens (primary N) is 2. The van der Waals surface area contributed by atoms with Crippen LogP contribution in [0.4, 0.5) is 0 Å². The fourth-order valence-corrected chi connectivity index (χ4v) is 1.85. The molecule has 0 radical (unpaired) electrons. The topological polar surface area (TPSA) is 78.3 Å². The quantitative estimate of drug-likeness (QED) is 0.836. The number of carbonyl (C=O) groups is 1. The zero-order chi connectivity index (χ0) is 11.7. The molecule has 4 nitrogen and oxygen atoms in total. The van der Waals surface area contributed by atoms with Crippen LogP contribution in [0.1, 0.15) is 23.2 Å². The van der Waals surface area contributed by atoms with Crippen LogP contribution < -0.4 is 16.2 Å². The molecule has 1 aromatic rings. The molecule has 1 fully saturated rings. The van der Waals surface area contributed by atoms with E-state index in [1.165, 1.54) is 6.07 Å². The Kier molecular flexibility index (Phi) is 3.03. The summed E-state index contributed by atoms with van der Waals surface area (Å²) in [6, 6.07) is 5.04. The number of benzene rings is 1. The molecule has 0 aromatic heterocycles. The van der Waals surface area contributed by atoms with E-state index in [9.17, 15) is 4.79 Å². The predicted molar refractivity (Wildman–Crippen MR) is 61.6 cm³/mol. The minimum Gasteiger partial charge on any atom is -0.489 e. The van der Waals surface area contributed by atoms with Gasteiger partial charge < -0.3 is 16.2 Å². The highest BCUT2D eigenvalue weighted by molar-refractivity contribution is 6.31. The second kappa shape index (κ2) is 4.31. The van der Waals surface area contributed by atoms with Gasteiger partial charge in [0.2, 0.25) is 0 Å². The monoisotopic (exact) mass is 240 g/mol. The van der Waals surface area contributed by atoms with Gasteiger partial charge >= 0.3 is 0 Å². The fraction of sp³-hybridized carbons (Fsp3) is 0.364. The number of primary amides is 1. The largest absolute Gasteiger partial charge is 0.489 e. The minimum absolute atomic E-state index is 0.0780. The van der Waals surface area contributed by atoms with Crippen molar-refractivity contribution < 1.29 is 9.53 Å². The third-order valence-electron chi connectivity index (χ3n) is 2.63. The molecule has 4 N–H and O–H groups in total. The van der Waals surface area contributed by atoms with E-state index in [-0.39, 0.29) is 12.1 Å². The molecule has 0 atom stereocenters. The van der Waals surface area contributed by atoms with Gasteiger partial charge in [0.15, 0.2) is 0 Å². The molecule has 16 heavy (non-hydrogen) atoms. The Morgan fingerprint density at radius 1 is 1.44 bits per heavy atom. The third-order valence-corrected chi connectivity index (χ3v) is 2.87. The summed E-state index contributed by atoms with van der Waals surface area (Å²) in [6.07, 6.45) is 1.69. The van der Waals surface area contributed by atoms with Gasteiger partial charge in [0.05, 0.1) is 5.56 Å². The zero-order valence-electron chi connectivity index (χ0n) is 8.65. The van der Waals surface area contributed by atoms with Crippen LogP contribution in [-0.2, 0) is 0 Å². The highest BCUT2D eigenvalue weighted by Gasteiger charge is 2.28. The van der Waals surface area contributed by atoms with Gasteiger partial charge in [0, 0.05) is 11.1 Å². The Bertz CT molecular complexity index is 416. The molecule has 2 rings (SSSR count). The molecule has 1 aromatic carbocycles. The van der Waals surface area contributed by atoms with Crippen LogP contribution in [0.15, 0.2) is 18.2 Å². The first-order valence-electron chi connectivity index (χ1n) is 5.08. The molecule has 0 unspecified atom stereocenters. The summed E-state index contributed by atoms with van der Waals surface area (Å²) < 4.78 is 5.63. The Balaban J connectivity index is 2.16. The van der Waals surface area contributed by atoms with Gasteiger partial charge in [-0.25, -0.2) is 0 Å². The van der Waals surface area contributed by atoms with E-state index in [1.54, 1.807) is 12.1 Å². The van der Waals surface area contributed by atoms with E-state index >= 15 is 0 Å². The van der Waals surface area contributed by atoms with Crippen LogP contribution >= 0.6 is 11.6 Å². The average molecular weight is 241 g/mol. The lowest BCUT2D eigenvalue weighted by Crippen LogP contribution is -2.43. The molecule has 0 aliphatic heterocycles. The van der Waals surface area contributed by atoms with E-state index in [0.29, 0.717) is 16.3 Å². The maximum atomic E-state index is 11.2. The predicted octanol–water partition coefficient (Wildman–Crippen LogP) is 1.31. The van der Waals surface area contributed by atoms with Crippen molar-refractivity contribution in [2.24, 2.45) is 11.5 Å². The van der Waals surface area contributed by atoms with E-state index < -0.39 is 5.91 Å². The van der Waals surface area contributed by atoms with Gasteiger partial charge in [-0.15, -0.1) is 0 Å². The first-order chi connectivity index (χ1) is 7.56. The van der Waals surface area contributed by atoms with Gasteiger partial charge in [0.1, 0.15) is 11.9 Å². The Labute approximate surface area is 98.5 Å². The summed E-state index contributed by atoms with van der Waals surface area (Å²) in [7, 11) is 0. The lowest BCUT2D eigenvalue weighted by molar-refractivity contribution is 0.0927. The van der Waals surface area contributed by atoms with Crippen molar-refractivity contribution in [1.82, 2.24) is 0 Å². The summed E-state index contributed by atoms with van der Waals surface area (Å²) in [5.74, 6) is -0.0603. The molecular weight excluding hydrogens is 228 g/mol. The van der Waals surface area contributed by atoms with Crippen molar-refractivity contribution in [3.05, 3.63) is 28.8 Å². The summed E-state index contributed by atoms with van der Waals surface area (Å²) in [5, 5.41) is 0.464. The third kappa shape index (κ3) is 2.28. The number of halogens is 1. The van der Waals surface area contributed by atoms with Gasteiger partial charge in [-0.05, 0) is 31.0 Å². The molecule has 1 aliphatic carbocycles. The second-order valence-corrected chi connectivity index (χ2v) is 4.41. The van der Waals surface area contributed by atoms with Crippen molar-refractivity contribution >= 4 is 17.5 Å². The first-order valence-corrected chi connectivity index (χ1v) is 5.45. The average Bonchev–Trinajstić information content (AvgIpc) is 2.17. The lowest BCUT2D eigenvalue weighted by Gasteiger charge is -2.33. The normalized spacial score (nSPS) is 23.6. The molecular formula is C11H13ClN2O2. The van der Waals surface area contributed by atoms with Crippen molar-refractivity contribution in [2.45, 2.75) is 25.0 Å². The van der Waals surface area contributed by atoms with E-state index in [2.05, 4.69) is 0 Å². The summed E-state index contributed by atoms with van der Waals surface area (Å²) in [5.41, 5.74) is 11.2. The molecule has 86 valence electrons. The molecule has 0 bridgehead atoms. The molecule has 1 amide bonds. The maximum Gasteiger partial charge on any atom is 0.252 e. The Morgan fingerprint density at radius 2 is 2.12 bits per heavy atom. The van der Waals surface area contributed by atoms with E-state index in [4.69, 9.17) is 27.8 Å². The van der Waals surface area contributed by atoms with Crippen LogP contribution in [0.2, 0.25) is 5.02 Å². The molecule has 0 heterocycles. The summed E-state index contributed by atoms with van der Waals surface area (Å²) >= 11 is 5.79. The fourth-order valence-electron chi connectivity index (χ4n) is 1.68. The van der Waals surface area contributed by atoms with Crippen molar-refractivity contribution in [2.75, 3.05) is 0 Å². The molecule has 1 saturated carbocycles. The van der Waals surface area contributed by atoms with Crippen LogP contribution in [0.3, 0.4) is 0 Å². The standard InChI is InChI=1S/C11H13ClN2O2/c12-6-1-2-10(9(3-6)11(14)15)16-8-4-7(13)5-8/h1-3,7-8H,4-5,13H2,(H2,14,15). The Hall–Kier alpha value is -1.26. The Morgan fingerprint density at radius 3 is 2.69 bits per heavy atom. The number of carbonyl (C=O) groups excluding carboxylic acids is 1. The summed E-state index contributed by atoms with van der Waals surface area (Å²) in [4.78, 5) is 11.2. The zero-order valence-corrected chi connectivity index (χ0v) is 9.41. The van der Waals surface area contributed by atoms with E-state index in [1.807, 2.05) is 0 Å². The summed E-state index contributed by atoms with van der Waals surface area (Å²) in [6.45, 7) is 0. The lowest BCUT2D eigenvalue weighted by atomic mass is 9.90. The van der Waals surface area contributed by atoms with Crippen LogP contribution in [0.5, 0.6) is 5.75 Å².